The van der Waals surface area contributed by atoms with Crippen molar-refractivity contribution in [3.63, 3.8) is 0 Å². The van der Waals surface area contributed by atoms with Crippen molar-refractivity contribution in [3.8, 4) is 5.75 Å². The van der Waals surface area contributed by atoms with E-state index in [2.05, 4.69) is 10.6 Å². The molecule has 0 aliphatic heterocycles. The third-order valence-corrected chi connectivity index (χ3v) is 3.93. The lowest BCUT2D eigenvalue weighted by atomic mass is 9.98. The van der Waals surface area contributed by atoms with E-state index in [1.807, 2.05) is 34.6 Å². The molecule has 0 saturated heterocycles. The van der Waals surface area contributed by atoms with Crippen LogP contribution in [0, 0.1) is 5.92 Å². The minimum absolute atomic E-state index is 0.00939. The molecule has 0 aromatic heterocycles. The lowest BCUT2D eigenvalue weighted by Gasteiger charge is -2.29. The normalized spacial score (nSPS) is 12.7. The molecule has 2 N–H and O–H groups in total. The summed E-state index contributed by atoms with van der Waals surface area (Å²) in [6, 6.07) is 6.23. The standard InChI is InChI=1S/C18H28N2O3/c1-7-18(4,5)20-17(22)15(12(2)3)19-16(21)13-8-10-14(23-6)11-9-13/h8-12,15H,7H2,1-6H3,(H,19,21)(H,20,22)/t15-/m1/s1. The zero-order valence-corrected chi connectivity index (χ0v) is 14.9. The largest absolute Gasteiger partial charge is 0.497 e. The molecule has 0 heterocycles. The monoisotopic (exact) mass is 320 g/mol. The number of methoxy groups -OCH3 is 1. The topological polar surface area (TPSA) is 67.4 Å². The number of nitrogens with one attached hydrogen (secondary N) is 2. The Kier molecular flexibility index (Phi) is 6.61. The Hall–Kier alpha value is -2.04. The van der Waals surface area contributed by atoms with Crippen LogP contribution in [0.4, 0.5) is 0 Å². The lowest BCUT2D eigenvalue weighted by molar-refractivity contribution is -0.125. The third-order valence-electron chi connectivity index (χ3n) is 3.93. The zero-order valence-electron chi connectivity index (χ0n) is 14.9. The van der Waals surface area contributed by atoms with Crippen LogP contribution in [0.1, 0.15) is 51.4 Å². The molecule has 128 valence electrons. The first-order chi connectivity index (χ1) is 10.7. The molecular formula is C18H28N2O3. The maximum atomic E-state index is 12.5. The van der Waals surface area contributed by atoms with E-state index in [1.165, 1.54) is 0 Å². The first kappa shape index (κ1) is 19.0. The van der Waals surface area contributed by atoms with E-state index >= 15 is 0 Å². The number of carbonyl (C=O) groups is 2. The molecule has 0 spiro atoms. The molecule has 0 fully saturated rings. The smallest absolute Gasteiger partial charge is 0.251 e. The van der Waals surface area contributed by atoms with Gasteiger partial charge in [0.25, 0.3) is 5.91 Å². The fourth-order valence-corrected chi connectivity index (χ4v) is 2.00. The Labute approximate surface area is 138 Å². The molecule has 0 aliphatic rings. The number of carbonyl (C=O) groups excluding carboxylic acids is 2. The second kappa shape index (κ2) is 7.99. The molecular weight excluding hydrogens is 292 g/mol. The molecule has 0 unspecified atom stereocenters. The van der Waals surface area contributed by atoms with Crippen molar-refractivity contribution in [2.45, 2.75) is 52.6 Å². The third kappa shape index (κ3) is 5.58. The molecule has 5 heteroatoms. The molecule has 0 radical (unpaired) electrons. The number of amides is 2. The van der Waals surface area contributed by atoms with Gasteiger partial charge in [-0.05, 0) is 50.5 Å². The minimum atomic E-state index is -0.574. The summed E-state index contributed by atoms with van der Waals surface area (Å²) in [6.45, 7) is 9.77. The van der Waals surface area contributed by atoms with Crippen LogP contribution >= 0.6 is 0 Å². The molecule has 5 nitrogen and oxygen atoms in total. The fraction of sp³-hybridized carbons (Fsp3) is 0.556. The van der Waals surface area contributed by atoms with Crippen molar-refractivity contribution in [1.29, 1.82) is 0 Å². The lowest BCUT2D eigenvalue weighted by Crippen LogP contribution is -2.54. The molecule has 0 bridgehead atoms. The van der Waals surface area contributed by atoms with E-state index in [9.17, 15) is 9.59 Å². The van der Waals surface area contributed by atoms with Crippen LogP contribution < -0.4 is 15.4 Å². The van der Waals surface area contributed by atoms with Crippen molar-refractivity contribution in [2.75, 3.05) is 7.11 Å². The van der Waals surface area contributed by atoms with E-state index in [0.29, 0.717) is 11.3 Å². The maximum absolute atomic E-state index is 12.5. The van der Waals surface area contributed by atoms with Crippen LogP contribution in [-0.4, -0.2) is 30.5 Å². The summed E-state index contributed by atoms with van der Waals surface area (Å²) in [5.41, 5.74) is 0.203. The number of benzene rings is 1. The van der Waals surface area contributed by atoms with Crippen molar-refractivity contribution in [2.24, 2.45) is 5.92 Å². The van der Waals surface area contributed by atoms with Crippen molar-refractivity contribution in [1.82, 2.24) is 10.6 Å². The first-order valence-corrected chi connectivity index (χ1v) is 7.97. The van der Waals surface area contributed by atoms with Crippen LogP contribution in [0.3, 0.4) is 0 Å². The molecule has 1 aromatic rings. The quantitative estimate of drug-likeness (QED) is 0.812. The first-order valence-electron chi connectivity index (χ1n) is 7.97. The predicted molar refractivity (Wildman–Crippen MR) is 91.6 cm³/mol. The Morgan fingerprint density at radius 2 is 1.74 bits per heavy atom. The number of hydrogen-bond acceptors (Lipinski definition) is 3. The highest BCUT2D eigenvalue weighted by atomic mass is 16.5. The van der Waals surface area contributed by atoms with E-state index in [0.717, 1.165) is 6.42 Å². The van der Waals surface area contributed by atoms with Crippen LogP contribution in [0.15, 0.2) is 24.3 Å². The number of rotatable bonds is 7. The van der Waals surface area contributed by atoms with Crippen LogP contribution in [0.5, 0.6) is 5.75 Å². The summed E-state index contributed by atoms with van der Waals surface area (Å²) < 4.78 is 5.08. The predicted octanol–water partition coefficient (Wildman–Crippen LogP) is 2.75. The van der Waals surface area contributed by atoms with Gasteiger partial charge in [-0.3, -0.25) is 9.59 Å². The van der Waals surface area contributed by atoms with Gasteiger partial charge in [-0.1, -0.05) is 20.8 Å². The van der Waals surface area contributed by atoms with Gasteiger partial charge in [0.2, 0.25) is 5.91 Å². The van der Waals surface area contributed by atoms with Crippen LogP contribution in [0.25, 0.3) is 0 Å². The SMILES string of the molecule is CCC(C)(C)NC(=O)[C@H](NC(=O)c1ccc(OC)cc1)C(C)C. The fourth-order valence-electron chi connectivity index (χ4n) is 2.00. The average molecular weight is 320 g/mol. The Bertz CT molecular complexity index is 536. The van der Waals surface area contributed by atoms with Gasteiger partial charge >= 0.3 is 0 Å². The highest BCUT2D eigenvalue weighted by molar-refractivity contribution is 5.97. The van der Waals surface area contributed by atoms with Gasteiger partial charge in [0.15, 0.2) is 0 Å². The second-order valence-corrected chi connectivity index (χ2v) is 6.65. The molecule has 1 rings (SSSR count). The summed E-state index contributed by atoms with van der Waals surface area (Å²) in [5.74, 6) is 0.249. The van der Waals surface area contributed by atoms with Gasteiger partial charge in [-0.2, -0.15) is 0 Å². The molecule has 1 aromatic carbocycles. The maximum Gasteiger partial charge on any atom is 0.251 e. The van der Waals surface area contributed by atoms with Crippen molar-refractivity contribution < 1.29 is 14.3 Å². The van der Waals surface area contributed by atoms with Crippen LogP contribution in [-0.2, 0) is 4.79 Å². The molecule has 1 atom stereocenters. The van der Waals surface area contributed by atoms with E-state index in [1.54, 1.807) is 31.4 Å². The van der Waals surface area contributed by atoms with Gasteiger partial charge in [0, 0.05) is 11.1 Å². The molecule has 2 amide bonds. The van der Waals surface area contributed by atoms with Gasteiger partial charge < -0.3 is 15.4 Å². The van der Waals surface area contributed by atoms with Gasteiger partial charge in [-0.25, -0.2) is 0 Å². The molecule has 23 heavy (non-hydrogen) atoms. The van der Waals surface area contributed by atoms with Crippen molar-refractivity contribution >= 4 is 11.8 Å². The highest BCUT2D eigenvalue weighted by Crippen LogP contribution is 2.13. The Balaban J connectivity index is 2.82. The minimum Gasteiger partial charge on any atom is -0.497 e. The van der Waals surface area contributed by atoms with Crippen LogP contribution in [0.2, 0.25) is 0 Å². The van der Waals surface area contributed by atoms with E-state index < -0.39 is 6.04 Å². The summed E-state index contributed by atoms with van der Waals surface area (Å²) in [5, 5.41) is 5.81. The Morgan fingerprint density at radius 3 is 2.17 bits per heavy atom. The average Bonchev–Trinajstić information content (AvgIpc) is 2.51. The number of ether oxygens (including phenoxy) is 1. The van der Waals surface area contributed by atoms with Gasteiger partial charge in [0.1, 0.15) is 11.8 Å². The molecule has 0 aliphatic carbocycles. The van der Waals surface area contributed by atoms with Gasteiger partial charge in [-0.15, -0.1) is 0 Å². The number of hydrogen-bond donors (Lipinski definition) is 2. The van der Waals surface area contributed by atoms with E-state index in [-0.39, 0.29) is 23.3 Å². The highest BCUT2D eigenvalue weighted by Gasteiger charge is 2.28. The zero-order chi connectivity index (χ0) is 17.6. The van der Waals surface area contributed by atoms with Gasteiger partial charge in [0.05, 0.1) is 7.11 Å². The summed E-state index contributed by atoms with van der Waals surface area (Å²) in [4.78, 5) is 24.8. The summed E-state index contributed by atoms with van der Waals surface area (Å²) in [7, 11) is 1.57. The van der Waals surface area contributed by atoms with Crippen molar-refractivity contribution in [3.05, 3.63) is 29.8 Å². The Morgan fingerprint density at radius 1 is 1.17 bits per heavy atom. The molecule has 0 saturated carbocycles. The second-order valence-electron chi connectivity index (χ2n) is 6.65. The summed E-state index contributed by atoms with van der Waals surface area (Å²) >= 11 is 0. The summed E-state index contributed by atoms with van der Waals surface area (Å²) in [6.07, 6.45) is 0.815. The van der Waals surface area contributed by atoms with E-state index in [4.69, 9.17) is 4.74 Å².